The van der Waals surface area contributed by atoms with Crippen LogP contribution in [0.25, 0.3) is 0 Å². The van der Waals surface area contributed by atoms with E-state index in [0.29, 0.717) is 19.1 Å². The maximum Gasteiger partial charge on any atom is 0.161 e. The number of hydrazine groups is 1. The molecule has 0 aromatic heterocycles. The Morgan fingerprint density at radius 3 is 2.53 bits per heavy atom. The number of nitrogens with one attached hydrogen (secondary N) is 2. The molecule has 1 fully saturated rings. The summed E-state index contributed by atoms with van der Waals surface area (Å²) in [5, 5.41) is 0. The van der Waals surface area contributed by atoms with Crippen LogP contribution in [0.1, 0.15) is 11.5 Å². The molecule has 1 saturated heterocycles. The fraction of sp³-hybridized carbons (Fsp3) is 0.455. The first-order chi connectivity index (χ1) is 7.43. The Labute approximate surface area is 88.5 Å². The molecule has 2 aliphatic rings. The minimum Gasteiger partial charge on any atom is -0.486 e. The number of rotatable bonds is 1. The Hall–Kier alpha value is -1.26. The van der Waals surface area contributed by atoms with Crippen molar-refractivity contribution in [1.29, 1.82) is 0 Å². The highest BCUT2D eigenvalue weighted by molar-refractivity contribution is 5.45. The van der Waals surface area contributed by atoms with Gasteiger partial charge < -0.3 is 9.47 Å². The van der Waals surface area contributed by atoms with Gasteiger partial charge in [0.1, 0.15) is 13.2 Å². The number of hydrogen-bond donors (Lipinski definition) is 2. The highest BCUT2D eigenvalue weighted by Crippen LogP contribution is 2.33. The minimum absolute atomic E-state index is 0.529. The van der Waals surface area contributed by atoms with Crippen LogP contribution < -0.4 is 20.3 Å². The molecule has 2 heterocycles. The van der Waals surface area contributed by atoms with Crippen molar-refractivity contribution in [2.75, 3.05) is 26.3 Å². The normalized spacial score (nSPS) is 20.5. The fourth-order valence-electron chi connectivity index (χ4n) is 2.01. The molecule has 1 aromatic carbocycles. The monoisotopic (exact) mass is 206 g/mol. The summed E-state index contributed by atoms with van der Waals surface area (Å²) in [7, 11) is 0. The van der Waals surface area contributed by atoms with E-state index in [2.05, 4.69) is 23.0 Å². The van der Waals surface area contributed by atoms with E-state index in [0.717, 1.165) is 24.6 Å². The average Bonchev–Trinajstić information content (AvgIpc) is 2.82. The largest absolute Gasteiger partial charge is 0.486 e. The first-order valence-electron chi connectivity index (χ1n) is 5.29. The number of benzene rings is 1. The molecule has 0 aliphatic carbocycles. The van der Waals surface area contributed by atoms with E-state index in [1.807, 2.05) is 6.07 Å². The second-order valence-corrected chi connectivity index (χ2v) is 3.86. The maximum atomic E-state index is 5.56. The summed E-state index contributed by atoms with van der Waals surface area (Å²) in [4.78, 5) is 0. The molecule has 15 heavy (non-hydrogen) atoms. The quantitative estimate of drug-likeness (QED) is 0.708. The first kappa shape index (κ1) is 9.00. The number of fused-ring (bicyclic) bond motifs is 1. The van der Waals surface area contributed by atoms with Gasteiger partial charge in [0.15, 0.2) is 11.5 Å². The van der Waals surface area contributed by atoms with Crippen molar-refractivity contribution in [3.63, 3.8) is 0 Å². The standard InChI is InChI=1S/C11H14N2O2/c1-2-10-11(15-4-3-14-10)5-8(1)9-6-12-13-7-9/h1-2,5,9,12-13H,3-4,6-7H2. The van der Waals surface area contributed by atoms with Crippen molar-refractivity contribution < 1.29 is 9.47 Å². The van der Waals surface area contributed by atoms with Gasteiger partial charge in [-0.3, -0.25) is 10.9 Å². The lowest BCUT2D eigenvalue weighted by molar-refractivity contribution is 0.171. The van der Waals surface area contributed by atoms with E-state index in [9.17, 15) is 0 Å². The van der Waals surface area contributed by atoms with Gasteiger partial charge in [-0.15, -0.1) is 0 Å². The third-order valence-electron chi connectivity index (χ3n) is 2.86. The second-order valence-electron chi connectivity index (χ2n) is 3.86. The molecule has 80 valence electrons. The Morgan fingerprint density at radius 1 is 1.00 bits per heavy atom. The van der Waals surface area contributed by atoms with Gasteiger partial charge in [-0.1, -0.05) is 6.07 Å². The minimum atomic E-state index is 0.529. The van der Waals surface area contributed by atoms with Crippen molar-refractivity contribution in [3.05, 3.63) is 23.8 Å². The summed E-state index contributed by atoms with van der Waals surface area (Å²) in [5.74, 6) is 2.27. The molecular weight excluding hydrogens is 192 g/mol. The third kappa shape index (κ3) is 1.66. The average molecular weight is 206 g/mol. The SMILES string of the molecule is c1cc2c(cc1C1CNNC1)OCCO2. The van der Waals surface area contributed by atoms with Crippen LogP contribution in [0.15, 0.2) is 18.2 Å². The molecule has 3 rings (SSSR count). The van der Waals surface area contributed by atoms with Gasteiger partial charge in [-0.2, -0.15) is 0 Å². The first-order valence-corrected chi connectivity index (χ1v) is 5.29. The van der Waals surface area contributed by atoms with Crippen molar-refractivity contribution in [2.45, 2.75) is 5.92 Å². The highest BCUT2D eigenvalue weighted by Gasteiger charge is 2.19. The summed E-state index contributed by atoms with van der Waals surface area (Å²) >= 11 is 0. The predicted molar refractivity (Wildman–Crippen MR) is 56.2 cm³/mol. The van der Waals surface area contributed by atoms with Crippen LogP contribution in [0.4, 0.5) is 0 Å². The molecule has 4 heteroatoms. The summed E-state index contributed by atoms with van der Waals surface area (Å²) in [5.41, 5.74) is 7.56. The van der Waals surface area contributed by atoms with Crippen molar-refractivity contribution in [2.24, 2.45) is 0 Å². The van der Waals surface area contributed by atoms with Crippen LogP contribution in [-0.2, 0) is 0 Å². The van der Waals surface area contributed by atoms with Crippen molar-refractivity contribution in [1.82, 2.24) is 10.9 Å². The zero-order chi connectivity index (χ0) is 10.1. The summed E-state index contributed by atoms with van der Waals surface area (Å²) in [6, 6.07) is 6.21. The summed E-state index contributed by atoms with van der Waals surface area (Å²) in [6.07, 6.45) is 0. The van der Waals surface area contributed by atoms with Crippen LogP contribution in [0, 0.1) is 0 Å². The van der Waals surface area contributed by atoms with Crippen LogP contribution in [0.3, 0.4) is 0 Å². The molecular formula is C11H14N2O2. The maximum absolute atomic E-state index is 5.56. The molecule has 2 aliphatic heterocycles. The van der Waals surface area contributed by atoms with Crippen LogP contribution in [0.5, 0.6) is 11.5 Å². The third-order valence-corrected chi connectivity index (χ3v) is 2.86. The van der Waals surface area contributed by atoms with E-state index in [4.69, 9.17) is 9.47 Å². The lowest BCUT2D eigenvalue weighted by Gasteiger charge is -2.20. The Bertz CT molecular complexity index is 362. The zero-order valence-corrected chi connectivity index (χ0v) is 8.45. The van der Waals surface area contributed by atoms with Crippen LogP contribution in [-0.4, -0.2) is 26.3 Å². The lowest BCUT2D eigenvalue weighted by atomic mass is 10.00. The molecule has 0 bridgehead atoms. The van der Waals surface area contributed by atoms with E-state index < -0.39 is 0 Å². The topological polar surface area (TPSA) is 42.5 Å². The van der Waals surface area contributed by atoms with E-state index in [1.54, 1.807) is 0 Å². The van der Waals surface area contributed by atoms with Crippen LogP contribution >= 0.6 is 0 Å². The molecule has 0 radical (unpaired) electrons. The van der Waals surface area contributed by atoms with Gasteiger partial charge in [0.05, 0.1) is 0 Å². The van der Waals surface area contributed by atoms with Crippen molar-refractivity contribution in [3.8, 4) is 11.5 Å². The zero-order valence-electron chi connectivity index (χ0n) is 8.45. The van der Waals surface area contributed by atoms with Gasteiger partial charge in [-0.05, 0) is 17.7 Å². The Balaban J connectivity index is 1.89. The molecule has 1 aromatic rings. The summed E-state index contributed by atoms with van der Waals surface area (Å²) in [6.45, 7) is 3.25. The molecule has 4 nitrogen and oxygen atoms in total. The van der Waals surface area contributed by atoms with E-state index >= 15 is 0 Å². The Morgan fingerprint density at radius 2 is 1.73 bits per heavy atom. The molecule has 2 N–H and O–H groups in total. The van der Waals surface area contributed by atoms with E-state index in [-0.39, 0.29) is 0 Å². The predicted octanol–water partition coefficient (Wildman–Crippen LogP) is 0.649. The van der Waals surface area contributed by atoms with Crippen molar-refractivity contribution >= 4 is 0 Å². The van der Waals surface area contributed by atoms with E-state index in [1.165, 1.54) is 5.56 Å². The molecule has 0 unspecified atom stereocenters. The Kier molecular flexibility index (Phi) is 2.23. The van der Waals surface area contributed by atoms with Crippen LogP contribution in [0.2, 0.25) is 0 Å². The number of hydrogen-bond acceptors (Lipinski definition) is 4. The van der Waals surface area contributed by atoms with Gasteiger partial charge in [0, 0.05) is 19.0 Å². The molecule has 0 spiro atoms. The highest BCUT2D eigenvalue weighted by atomic mass is 16.6. The lowest BCUT2D eigenvalue weighted by Crippen LogP contribution is -2.21. The molecule has 0 amide bonds. The number of ether oxygens (including phenoxy) is 2. The fourth-order valence-corrected chi connectivity index (χ4v) is 2.01. The smallest absolute Gasteiger partial charge is 0.161 e. The van der Waals surface area contributed by atoms with Gasteiger partial charge in [-0.25, -0.2) is 0 Å². The molecule has 0 saturated carbocycles. The summed E-state index contributed by atoms with van der Waals surface area (Å²) < 4.78 is 11.0. The van der Waals surface area contributed by atoms with Gasteiger partial charge in [0.25, 0.3) is 0 Å². The van der Waals surface area contributed by atoms with Gasteiger partial charge >= 0.3 is 0 Å². The van der Waals surface area contributed by atoms with Gasteiger partial charge in [0.2, 0.25) is 0 Å². The molecule has 0 atom stereocenters. The second kappa shape index (κ2) is 3.72.